The van der Waals surface area contributed by atoms with Crippen LogP contribution in [0.15, 0.2) is 48.5 Å². The standard InChI is InChI=1S/C22H26N2O3.ClH/c1-26-20-9-5-4-8-18(20)19-15-23-11-12-24(19)22(25)14-21-17-7-3-2-6-16(17)10-13-27-21;/h2-9,19,21,23H,10-15H2,1H3;1H. The Bertz CT molecular complexity index is 814. The van der Waals surface area contributed by atoms with E-state index in [1.165, 1.54) is 5.56 Å². The van der Waals surface area contributed by atoms with Crippen LogP contribution in [0.2, 0.25) is 0 Å². The molecule has 0 aromatic heterocycles. The van der Waals surface area contributed by atoms with Gasteiger partial charge in [-0.15, -0.1) is 12.4 Å². The molecule has 0 bridgehead atoms. The maximum atomic E-state index is 13.2. The molecule has 2 aliphatic heterocycles. The van der Waals surface area contributed by atoms with Gasteiger partial charge in [-0.1, -0.05) is 42.5 Å². The number of para-hydroxylation sites is 1. The van der Waals surface area contributed by atoms with Crippen molar-refractivity contribution in [2.45, 2.75) is 25.0 Å². The molecular formula is C22H27ClN2O3. The Labute approximate surface area is 172 Å². The van der Waals surface area contributed by atoms with Crippen molar-refractivity contribution in [2.24, 2.45) is 0 Å². The van der Waals surface area contributed by atoms with Gasteiger partial charge in [0.1, 0.15) is 5.75 Å². The van der Waals surface area contributed by atoms with Crippen LogP contribution in [0.25, 0.3) is 0 Å². The van der Waals surface area contributed by atoms with Gasteiger partial charge in [0.05, 0.1) is 32.3 Å². The van der Waals surface area contributed by atoms with Gasteiger partial charge >= 0.3 is 0 Å². The first-order chi connectivity index (χ1) is 13.3. The van der Waals surface area contributed by atoms with Gasteiger partial charge in [-0.05, 0) is 23.6 Å². The van der Waals surface area contributed by atoms with E-state index in [1.807, 2.05) is 35.2 Å². The molecule has 2 heterocycles. The predicted molar refractivity (Wildman–Crippen MR) is 111 cm³/mol. The van der Waals surface area contributed by atoms with Crippen LogP contribution in [0.3, 0.4) is 0 Å². The molecule has 1 fully saturated rings. The van der Waals surface area contributed by atoms with Crippen molar-refractivity contribution in [3.8, 4) is 5.75 Å². The van der Waals surface area contributed by atoms with E-state index < -0.39 is 0 Å². The molecule has 2 unspecified atom stereocenters. The van der Waals surface area contributed by atoms with Crippen LogP contribution in [0.5, 0.6) is 5.75 Å². The number of rotatable bonds is 4. The van der Waals surface area contributed by atoms with E-state index in [0.717, 1.165) is 36.4 Å². The first kappa shape index (κ1) is 20.6. The fourth-order valence-electron chi connectivity index (χ4n) is 4.14. The molecule has 2 aromatic carbocycles. The molecular weight excluding hydrogens is 376 g/mol. The molecule has 2 aliphatic rings. The number of piperazine rings is 1. The zero-order valence-corrected chi connectivity index (χ0v) is 16.9. The summed E-state index contributed by atoms with van der Waals surface area (Å²) in [6.07, 6.45) is 1.14. The minimum absolute atomic E-state index is 0. The third kappa shape index (κ3) is 4.17. The summed E-state index contributed by atoms with van der Waals surface area (Å²) in [6, 6.07) is 16.2. The molecule has 2 aromatic rings. The van der Waals surface area contributed by atoms with Crippen LogP contribution in [-0.4, -0.2) is 44.2 Å². The van der Waals surface area contributed by atoms with E-state index in [1.54, 1.807) is 7.11 Å². The van der Waals surface area contributed by atoms with Gasteiger partial charge in [-0.3, -0.25) is 4.79 Å². The Balaban J connectivity index is 0.00000225. The Morgan fingerprint density at radius 3 is 2.75 bits per heavy atom. The van der Waals surface area contributed by atoms with E-state index in [2.05, 4.69) is 23.5 Å². The van der Waals surface area contributed by atoms with E-state index in [-0.39, 0.29) is 30.5 Å². The third-order valence-corrected chi connectivity index (χ3v) is 5.51. The first-order valence-electron chi connectivity index (χ1n) is 9.60. The summed E-state index contributed by atoms with van der Waals surface area (Å²) in [5.41, 5.74) is 3.50. The molecule has 4 rings (SSSR count). The summed E-state index contributed by atoms with van der Waals surface area (Å²) in [5.74, 6) is 0.956. The van der Waals surface area contributed by atoms with Gasteiger partial charge in [0.2, 0.25) is 5.91 Å². The molecule has 28 heavy (non-hydrogen) atoms. The number of hydrogen-bond donors (Lipinski definition) is 1. The summed E-state index contributed by atoms with van der Waals surface area (Å²) < 4.78 is 11.5. The van der Waals surface area contributed by atoms with Crippen molar-refractivity contribution in [3.63, 3.8) is 0 Å². The Morgan fingerprint density at radius 1 is 1.18 bits per heavy atom. The fourth-order valence-corrected chi connectivity index (χ4v) is 4.14. The number of carbonyl (C=O) groups excluding carboxylic acids is 1. The summed E-state index contributed by atoms with van der Waals surface area (Å²) >= 11 is 0. The summed E-state index contributed by atoms with van der Waals surface area (Å²) in [6.45, 7) is 2.90. The van der Waals surface area contributed by atoms with Crippen molar-refractivity contribution >= 4 is 18.3 Å². The zero-order chi connectivity index (χ0) is 18.6. The maximum Gasteiger partial charge on any atom is 0.226 e. The number of ether oxygens (including phenoxy) is 2. The SMILES string of the molecule is COc1ccccc1C1CNCCN1C(=O)CC1OCCc2ccccc21.Cl. The molecule has 0 radical (unpaired) electrons. The van der Waals surface area contributed by atoms with Gasteiger partial charge < -0.3 is 19.7 Å². The molecule has 0 saturated carbocycles. The highest BCUT2D eigenvalue weighted by molar-refractivity contribution is 5.85. The third-order valence-electron chi connectivity index (χ3n) is 5.51. The van der Waals surface area contributed by atoms with Gasteiger partial charge in [0, 0.05) is 25.2 Å². The van der Waals surface area contributed by atoms with Gasteiger partial charge in [-0.2, -0.15) is 0 Å². The van der Waals surface area contributed by atoms with Gasteiger partial charge in [0.25, 0.3) is 0 Å². The normalized spacial score (nSPS) is 21.4. The Hall–Kier alpha value is -2.08. The molecule has 1 amide bonds. The molecule has 0 aliphatic carbocycles. The van der Waals surface area contributed by atoms with Gasteiger partial charge in [-0.25, -0.2) is 0 Å². The molecule has 1 N–H and O–H groups in total. The van der Waals surface area contributed by atoms with Crippen LogP contribution >= 0.6 is 12.4 Å². The second-order valence-electron chi connectivity index (χ2n) is 7.06. The summed E-state index contributed by atoms with van der Waals surface area (Å²) in [7, 11) is 1.67. The topological polar surface area (TPSA) is 50.8 Å². The smallest absolute Gasteiger partial charge is 0.226 e. The summed E-state index contributed by atoms with van der Waals surface area (Å²) in [5, 5.41) is 3.41. The van der Waals surface area contributed by atoms with E-state index in [0.29, 0.717) is 19.6 Å². The lowest BCUT2D eigenvalue weighted by atomic mass is 9.94. The van der Waals surface area contributed by atoms with Crippen molar-refractivity contribution in [1.29, 1.82) is 0 Å². The van der Waals surface area contributed by atoms with E-state index in [4.69, 9.17) is 9.47 Å². The molecule has 2 atom stereocenters. The highest BCUT2D eigenvalue weighted by Gasteiger charge is 2.32. The lowest BCUT2D eigenvalue weighted by molar-refractivity contribution is -0.138. The van der Waals surface area contributed by atoms with Crippen LogP contribution in [0.1, 0.15) is 35.3 Å². The number of carbonyl (C=O) groups is 1. The van der Waals surface area contributed by atoms with Crippen molar-refractivity contribution in [1.82, 2.24) is 10.2 Å². The fraction of sp³-hybridized carbons (Fsp3) is 0.409. The van der Waals surface area contributed by atoms with Crippen molar-refractivity contribution < 1.29 is 14.3 Å². The zero-order valence-electron chi connectivity index (χ0n) is 16.1. The average Bonchev–Trinajstić information content (AvgIpc) is 2.74. The van der Waals surface area contributed by atoms with Crippen LogP contribution < -0.4 is 10.1 Å². The highest BCUT2D eigenvalue weighted by Crippen LogP contribution is 2.34. The number of nitrogens with zero attached hydrogens (tertiary/aromatic N) is 1. The lowest BCUT2D eigenvalue weighted by Gasteiger charge is -2.38. The predicted octanol–water partition coefficient (Wildman–Crippen LogP) is 3.29. The Kier molecular flexibility index (Phi) is 6.94. The van der Waals surface area contributed by atoms with Crippen LogP contribution in [-0.2, 0) is 16.0 Å². The monoisotopic (exact) mass is 402 g/mol. The molecule has 6 heteroatoms. The summed E-state index contributed by atoms with van der Waals surface area (Å²) in [4.78, 5) is 15.2. The lowest BCUT2D eigenvalue weighted by Crippen LogP contribution is -2.49. The number of nitrogens with one attached hydrogen (secondary N) is 1. The number of amides is 1. The molecule has 1 saturated heterocycles. The second-order valence-corrected chi connectivity index (χ2v) is 7.06. The van der Waals surface area contributed by atoms with Crippen molar-refractivity contribution in [2.75, 3.05) is 33.4 Å². The molecule has 0 spiro atoms. The number of methoxy groups -OCH3 is 1. The molecule has 5 nitrogen and oxygen atoms in total. The number of benzene rings is 2. The van der Waals surface area contributed by atoms with Crippen molar-refractivity contribution in [3.05, 3.63) is 65.2 Å². The average molecular weight is 403 g/mol. The highest BCUT2D eigenvalue weighted by atomic mass is 35.5. The number of hydrogen-bond acceptors (Lipinski definition) is 4. The second kappa shape index (κ2) is 9.41. The maximum absolute atomic E-state index is 13.2. The largest absolute Gasteiger partial charge is 0.496 e. The van der Waals surface area contributed by atoms with E-state index in [9.17, 15) is 4.79 Å². The van der Waals surface area contributed by atoms with E-state index >= 15 is 0 Å². The van der Waals surface area contributed by atoms with Crippen LogP contribution in [0, 0.1) is 0 Å². The minimum atomic E-state index is -0.157. The number of fused-ring (bicyclic) bond motifs is 1. The minimum Gasteiger partial charge on any atom is -0.496 e. The van der Waals surface area contributed by atoms with Gasteiger partial charge in [0.15, 0.2) is 0 Å². The number of halogens is 1. The van der Waals surface area contributed by atoms with Crippen LogP contribution in [0.4, 0.5) is 0 Å². The first-order valence-corrected chi connectivity index (χ1v) is 9.60. The molecule has 150 valence electrons. The quantitative estimate of drug-likeness (QED) is 0.852. The Morgan fingerprint density at radius 2 is 1.93 bits per heavy atom.